The molecule has 9 heteroatoms. The number of rotatable bonds is 9. The van der Waals surface area contributed by atoms with Gasteiger partial charge >= 0.3 is 6.61 Å². The molecule has 158 valence electrons. The molecule has 0 unspecified atom stereocenters. The average molecular weight is 399 g/mol. The van der Waals surface area contributed by atoms with Crippen LogP contribution in [-0.4, -0.2) is 82.3 Å². The maximum Gasteiger partial charge on any atom is 0.387 e. The number of nitrogens with one attached hydrogen (secondary N) is 2. The lowest BCUT2D eigenvalue weighted by Gasteiger charge is -2.34. The van der Waals surface area contributed by atoms with Gasteiger partial charge in [0, 0.05) is 58.4 Å². The second-order valence-electron chi connectivity index (χ2n) is 6.48. The van der Waals surface area contributed by atoms with Crippen LogP contribution < -0.4 is 20.1 Å². The van der Waals surface area contributed by atoms with Crippen molar-refractivity contribution in [1.82, 2.24) is 20.4 Å². The van der Waals surface area contributed by atoms with Crippen molar-refractivity contribution in [2.75, 3.05) is 60.0 Å². The molecule has 1 saturated heterocycles. The minimum Gasteiger partial charge on any atom is -0.497 e. The summed E-state index contributed by atoms with van der Waals surface area (Å²) in [5, 5.41) is 6.40. The van der Waals surface area contributed by atoms with Gasteiger partial charge in [0.1, 0.15) is 11.5 Å². The number of guanidine groups is 1. The van der Waals surface area contributed by atoms with Crippen LogP contribution in [0.1, 0.15) is 12.5 Å². The van der Waals surface area contributed by atoms with Gasteiger partial charge in [0.15, 0.2) is 5.96 Å². The molecule has 28 heavy (non-hydrogen) atoms. The first kappa shape index (κ1) is 22.2. The van der Waals surface area contributed by atoms with Crippen molar-refractivity contribution >= 4 is 5.96 Å². The standard InChI is InChI=1S/C19H31F2N5O2/c1-4-25-9-11-26(12-10-25)8-7-23-19(22-2)24-14-15-13-16(27-3)5-6-17(15)28-18(20)21/h5-6,13,18H,4,7-12,14H2,1-3H3,(H2,22,23,24). The number of methoxy groups -OCH3 is 1. The number of nitrogens with zero attached hydrogens (tertiary/aromatic N) is 3. The number of likely N-dealkylation sites (N-methyl/N-ethyl adjacent to an activating group) is 1. The average Bonchev–Trinajstić information content (AvgIpc) is 2.71. The predicted octanol–water partition coefficient (Wildman–Crippen LogP) is 1.60. The van der Waals surface area contributed by atoms with Gasteiger partial charge in [0.25, 0.3) is 0 Å². The van der Waals surface area contributed by atoms with Crippen LogP contribution in [-0.2, 0) is 6.54 Å². The Hall–Kier alpha value is -2.13. The van der Waals surface area contributed by atoms with Crippen molar-refractivity contribution in [1.29, 1.82) is 0 Å². The third-order valence-corrected chi connectivity index (χ3v) is 4.79. The number of alkyl halides is 2. The fourth-order valence-corrected chi connectivity index (χ4v) is 3.09. The van der Waals surface area contributed by atoms with E-state index >= 15 is 0 Å². The topological polar surface area (TPSA) is 61.4 Å². The fourth-order valence-electron chi connectivity index (χ4n) is 3.09. The Balaban J connectivity index is 1.81. The van der Waals surface area contributed by atoms with Crippen molar-refractivity contribution in [2.45, 2.75) is 20.1 Å². The van der Waals surface area contributed by atoms with Gasteiger partial charge in [-0.15, -0.1) is 0 Å². The highest BCUT2D eigenvalue weighted by Gasteiger charge is 2.15. The SMILES string of the molecule is CCN1CCN(CCNC(=NC)NCc2cc(OC)ccc2OC(F)F)CC1. The van der Waals surface area contributed by atoms with Crippen molar-refractivity contribution in [3.8, 4) is 11.5 Å². The van der Waals surface area contributed by atoms with Gasteiger partial charge in [-0.1, -0.05) is 6.92 Å². The number of hydrogen-bond acceptors (Lipinski definition) is 5. The van der Waals surface area contributed by atoms with Crippen LogP contribution in [0.3, 0.4) is 0 Å². The molecule has 1 heterocycles. The quantitative estimate of drug-likeness (QED) is 0.486. The van der Waals surface area contributed by atoms with Gasteiger partial charge in [0.05, 0.1) is 7.11 Å². The van der Waals surface area contributed by atoms with Crippen LogP contribution in [0, 0.1) is 0 Å². The number of piperazine rings is 1. The minimum atomic E-state index is -2.88. The van der Waals surface area contributed by atoms with Gasteiger partial charge < -0.3 is 25.0 Å². The molecule has 2 N–H and O–H groups in total. The Morgan fingerprint density at radius 2 is 1.89 bits per heavy atom. The van der Waals surface area contributed by atoms with Crippen LogP contribution in [0.2, 0.25) is 0 Å². The van der Waals surface area contributed by atoms with E-state index in [4.69, 9.17) is 4.74 Å². The molecule has 2 rings (SSSR count). The van der Waals surface area contributed by atoms with Crippen molar-refractivity contribution < 1.29 is 18.3 Å². The zero-order valence-electron chi connectivity index (χ0n) is 16.9. The summed E-state index contributed by atoms with van der Waals surface area (Å²) in [6.45, 7) is 6.72. The van der Waals surface area contributed by atoms with Gasteiger partial charge in [0.2, 0.25) is 0 Å². The summed E-state index contributed by atoms with van der Waals surface area (Å²) in [6, 6.07) is 4.74. The van der Waals surface area contributed by atoms with Crippen molar-refractivity contribution in [3.05, 3.63) is 23.8 Å². The van der Waals surface area contributed by atoms with Crippen LogP contribution in [0.25, 0.3) is 0 Å². The molecule has 1 aromatic rings. The van der Waals surface area contributed by atoms with E-state index in [1.165, 1.54) is 13.2 Å². The molecule has 0 atom stereocenters. The van der Waals surface area contributed by atoms with Gasteiger partial charge in [-0.2, -0.15) is 8.78 Å². The van der Waals surface area contributed by atoms with Crippen LogP contribution in [0.5, 0.6) is 11.5 Å². The zero-order chi connectivity index (χ0) is 20.4. The number of hydrogen-bond donors (Lipinski definition) is 2. The zero-order valence-corrected chi connectivity index (χ0v) is 16.9. The lowest BCUT2D eigenvalue weighted by Crippen LogP contribution is -2.49. The fraction of sp³-hybridized carbons (Fsp3) is 0.632. The molecule has 7 nitrogen and oxygen atoms in total. The second-order valence-corrected chi connectivity index (χ2v) is 6.48. The minimum absolute atomic E-state index is 0.118. The second kappa shape index (κ2) is 11.7. The predicted molar refractivity (Wildman–Crippen MR) is 106 cm³/mol. The van der Waals surface area contributed by atoms with Crippen LogP contribution >= 0.6 is 0 Å². The van der Waals surface area contributed by atoms with E-state index in [1.807, 2.05) is 0 Å². The molecule has 1 aliphatic heterocycles. The number of ether oxygens (including phenoxy) is 2. The Bertz CT molecular complexity index is 622. The normalized spacial score (nSPS) is 16.3. The first-order chi connectivity index (χ1) is 13.5. The summed E-state index contributed by atoms with van der Waals surface area (Å²) in [5.41, 5.74) is 0.568. The molecule has 0 amide bonds. The third kappa shape index (κ3) is 7.12. The van der Waals surface area contributed by atoms with Crippen molar-refractivity contribution in [3.63, 3.8) is 0 Å². The van der Waals surface area contributed by atoms with E-state index in [2.05, 4.69) is 37.1 Å². The highest BCUT2D eigenvalue weighted by atomic mass is 19.3. The van der Waals surface area contributed by atoms with Crippen LogP contribution in [0.15, 0.2) is 23.2 Å². The molecule has 1 aliphatic rings. The summed E-state index contributed by atoms with van der Waals surface area (Å²) in [6.07, 6.45) is 0. The molecule has 1 aromatic carbocycles. The molecule has 0 aliphatic carbocycles. The molecule has 0 saturated carbocycles. The lowest BCUT2D eigenvalue weighted by atomic mass is 10.2. The molecular weight excluding hydrogens is 368 g/mol. The van der Waals surface area contributed by atoms with Gasteiger partial charge in [-0.3, -0.25) is 9.89 Å². The summed E-state index contributed by atoms with van der Waals surface area (Å²) < 4.78 is 35.0. The molecule has 0 bridgehead atoms. The Morgan fingerprint density at radius 1 is 1.18 bits per heavy atom. The largest absolute Gasteiger partial charge is 0.497 e. The third-order valence-electron chi connectivity index (χ3n) is 4.79. The molecule has 0 spiro atoms. The summed E-state index contributed by atoms with van der Waals surface area (Å²) in [4.78, 5) is 9.05. The molecule has 0 radical (unpaired) electrons. The number of benzene rings is 1. The monoisotopic (exact) mass is 399 g/mol. The number of aliphatic imine (C=N–C) groups is 1. The van der Waals surface area contributed by atoms with Crippen LogP contribution in [0.4, 0.5) is 8.78 Å². The van der Waals surface area contributed by atoms with Gasteiger partial charge in [-0.25, -0.2) is 0 Å². The molecule has 1 fully saturated rings. The Labute approximate surface area is 165 Å². The maximum absolute atomic E-state index is 12.6. The highest BCUT2D eigenvalue weighted by molar-refractivity contribution is 5.79. The highest BCUT2D eigenvalue weighted by Crippen LogP contribution is 2.25. The smallest absolute Gasteiger partial charge is 0.387 e. The van der Waals surface area contributed by atoms with E-state index in [-0.39, 0.29) is 12.3 Å². The van der Waals surface area contributed by atoms with E-state index in [0.29, 0.717) is 17.3 Å². The Morgan fingerprint density at radius 3 is 2.50 bits per heavy atom. The number of halogens is 2. The molecule has 0 aromatic heterocycles. The summed E-state index contributed by atoms with van der Waals surface area (Å²) >= 11 is 0. The van der Waals surface area contributed by atoms with E-state index < -0.39 is 6.61 Å². The maximum atomic E-state index is 12.6. The Kier molecular flexibility index (Phi) is 9.22. The first-order valence-corrected chi connectivity index (χ1v) is 9.56. The van der Waals surface area contributed by atoms with E-state index in [9.17, 15) is 8.78 Å². The lowest BCUT2D eigenvalue weighted by molar-refractivity contribution is -0.0504. The van der Waals surface area contributed by atoms with Crippen molar-refractivity contribution in [2.24, 2.45) is 4.99 Å². The van der Waals surface area contributed by atoms with E-state index in [1.54, 1.807) is 19.2 Å². The summed E-state index contributed by atoms with van der Waals surface area (Å²) in [7, 11) is 3.21. The van der Waals surface area contributed by atoms with E-state index in [0.717, 1.165) is 45.8 Å². The first-order valence-electron chi connectivity index (χ1n) is 9.56. The summed E-state index contributed by atoms with van der Waals surface area (Å²) in [5.74, 6) is 1.30. The van der Waals surface area contributed by atoms with Gasteiger partial charge in [-0.05, 0) is 24.7 Å². The molecular formula is C19H31F2N5O2.